The summed E-state index contributed by atoms with van der Waals surface area (Å²) >= 11 is 2.58. The average Bonchev–Trinajstić information content (AvgIpc) is 3.83. The van der Waals surface area contributed by atoms with Crippen molar-refractivity contribution < 1.29 is 37.0 Å². The van der Waals surface area contributed by atoms with Crippen LogP contribution in [0.15, 0.2) is 76.6 Å². The molecule has 0 spiro atoms. The standard InChI is InChI=1S/C37H32F3N3O6S2/c1-3-48-25-14-18(12-13-24(25)49-16-26(44)41-22-10-6-4-8-17(22)2)27-28-19-15-20(31(28)50-33-32(27)51-36(47)42-33)30-29(19)34(45)43(35(30)46)23-11-7-5-9-21(23)37(38,39)40/h4-14,19-20,27-31H,3,15-16H2,1-2H3,(H,41,44)(H,42,47)/t19?,20?,27-,28?,29?,30?,31?/m1/s1. The summed E-state index contributed by atoms with van der Waals surface area (Å²) in [5.74, 6) is -3.42. The molecule has 2 aliphatic heterocycles. The molecule has 51 heavy (non-hydrogen) atoms. The van der Waals surface area contributed by atoms with Gasteiger partial charge in [-0.1, -0.05) is 47.7 Å². The number of ether oxygens (including phenoxy) is 2. The summed E-state index contributed by atoms with van der Waals surface area (Å²) in [4.78, 5) is 57.8. The van der Waals surface area contributed by atoms with Crippen LogP contribution in [-0.2, 0) is 20.6 Å². The molecular weight excluding hydrogens is 704 g/mol. The molecule has 2 saturated carbocycles. The van der Waals surface area contributed by atoms with Gasteiger partial charge in [-0.15, -0.1) is 11.8 Å². The largest absolute Gasteiger partial charge is 0.490 e. The fourth-order valence-corrected chi connectivity index (χ4v) is 11.6. The lowest BCUT2D eigenvalue weighted by atomic mass is 9.68. The van der Waals surface area contributed by atoms with Crippen LogP contribution >= 0.6 is 23.1 Å². The third-order valence-electron chi connectivity index (χ3n) is 10.6. The van der Waals surface area contributed by atoms with Gasteiger partial charge in [0.2, 0.25) is 11.8 Å². The number of nitrogens with one attached hydrogen (secondary N) is 2. The Balaban J connectivity index is 1.12. The monoisotopic (exact) mass is 735 g/mol. The third kappa shape index (κ3) is 5.54. The van der Waals surface area contributed by atoms with Crippen LogP contribution in [0.3, 0.4) is 0 Å². The number of para-hydroxylation sites is 2. The lowest BCUT2D eigenvalue weighted by Gasteiger charge is -2.43. The molecule has 3 fully saturated rings. The average molecular weight is 736 g/mol. The normalized spacial score (nSPS) is 26.1. The summed E-state index contributed by atoms with van der Waals surface area (Å²) in [5, 5.41) is 3.38. The molecule has 3 amide bonds. The molecule has 6 unspecified atom stereocenters. The van der Waals surface area contributed by atoms with Crippen LogP contribution in [0.4, 0.5) is 24.5 Å². The van der Waals surface area contributed by atoms with Gasteiger partial charge in [-0.2, -0.15) is 13.2 Å². The van der Waals surface area contributed by atoms with E-state index in [9.17, 15) is 32.3 Å². The quantitative estimate of drug-likeness (QED) is 0.190. The molecule has 3 aromatic carbocycles. The first kappa shape index (κ1) is 33.6. The first-order chi connectivity index (χ1) is 24.5. The molecule has 3 heterocycles. The van der Waals surface area contributed by atoms with Crippen LogP contribution < -0.4 is 24.6 Å². The molecule has 4 aliphatic rings. The van der Waals surface area contributed by atoms with E-state index in [4.69, 9.17) is 9.47 Å². The Hall–Kier alpha value is -4.56. The van der Waals surface area contributed by atoms with Crippen molar-refractivity contribution in [3.8, 4) is 11.5 Å². The van der Waals surface area contributed by atoms with E-state index >= 15 is 0 Å². The molecule has 264 valence electrons. The first-order valence-electron chi connectivity index (χ1n) is 16.6. The van der Waals surface area contributed by atoms with Gasteiger partial charge in [0.1, 0.15) is 0 Å². The van der Waals surface area contributed by atoms with Gasteiger partial charge >= 0.3 is 11.0 Å². The van der Waals surface area contributed by atoms with Crippen LogP contribution in [0.5, 0.6) is 11.5 Å². The SMILES string of the molecule is CCOc1cc([C@H]2c3sc(=O)[nH]c3SC3C4CC(C5C(=O)N(c6ccccc6C(F)(F)F)C(=O)C45)C32)ccc1OCC(=O)Nc1ccccc1C. The van der Waals surface area contributed by atoms with Crippen LogP contribution in [0.1, 0.15) is 40.8 Å². The second-order valence-corrected chi connectivity index (χ2v) is 15.5. The number of aryl methyl sites for hydroxylation is 1. The Bertz CT molecular complexity index is 2130. The summed E-state index contributed by atoms with van der Waals surface area (Å²) in [7, 11) is 0. The van der Waals surface area contributed by atoms with E-state index in [2.05, 4.69) is 10.3 Å². The summed E-state index contributed by atoms with van der Waals surface area (Å²) in [6.45, 7) is 3.76. The number of hydrogen-bond donors (Lipinski definition) is 2. The number of aromatic nitrogens is 1. The van der Waals surface area contributed by atoms with Crippen LogP contribution in [0, 0.1) is 36.5 Å². The number of aromatic amines is 1. The molecule has 1 saturated heterocycles. The number of anilines is 2. The number of amides is 3. The highest BCUT2D eigenvalue weighted by molar-refractivity contribution is 8.00. The number of fused-ring (bicyclic) bond motifs is 9. The highest BCUT2D eigenvalue weighted by Gasteiger charge is 2.70. The maximum atomic E-state index is 14.1. The Kier molecular flexibility index (Phi) is 8.29. The fourth-order valence-electron chi connectivity index (χ4n) is 8.68. The van der Waals surface area contributed by atoms with Gasteiger partial charge in [-0.25, -0.2) is 4.90 Å². The fraction of sp³-hybridized carbons (Fsp3) is 0.351. The molecule has 2 aliphatic carbocycles. The second-order valence-electron chi connectivity index (χ2n) is 13.3. The van der Waals surface area contributed by atoms with Gasteiger partial charge < -0.3 is 19.8 Å². The molecule has 9 nitrogen and oxygen atoms in total. The smallest absolute Gasteiger partial charge is 0.418 e. The zero-order valence-corrected chi connectivity index (χ0v) is 29.0. The van der Waals surface area contributed by atoms with Gasteiger partial charge in [0.05, 0.1) is 34.7 Å². The van der Waals surface area contributed by atoms with E-state index < -0.39 is 41.1 Å². The Morgan fingerprint density at radius 1 is 0.961 bits per heavy atom. The van der Waals surface area contributed by atoms with Crippen LogP contribution in [-0.4, -0.2) is 41.2 Å². The van der Waals surface area contributed by atoms with Gasteiger partial charge in [0.25, 0.3) is 5.91 Å². The minimum Gasteiger partial charge on any atom is -0.490 e. The Morgan fingerprint density at radius 3 is 2.43 bits per heavy atom. The highest BCUT2D eigenvalue weighted by Crippen LogP contribution is 2.69. The molecule has 2 bridgehead atoms. The van der Waals surface area contributed by atoms with Crippen molar-refractivity contribution in [1.29, 1.82) is 0 Å². The number of carbonyl (C=O) groups excluding carboxylic acids is 3. The van der Waals surface area contributed by atoms with Gasteiger partial charge in [-0.3, -0.25) is 19.2 Å². The lowest BCUT2D eigenvalue weighted by molar-refractivity contribution is -0.137. The third-order valence-corrected chi connectivity index (χ3v) is 13.2. The van der Waals surface area contributed by atoms with Gasteiger partial charge in [-0.05, 0) is 79.5 Å². The van der Waals surface area contributed by atoms with Gasteiger partial charge in [0.15, 0.2) is 18.1 Å². The first-order valence-corrected chi connectivity index (χ1v) is 18.3. The van der Waals surface area contributed by atoms with E-state index in [-0.39, 0.29) is 46.3 Å². The van der Waals surface area contributed by atoms with E-state index in [0.29, 0.717) is 35.2 Å². The summed E-state index contributed by atoms with van der Waals surface area (Å²) < 4.78 is 54.0. The zero-order chi connectivity index (χ0) is 35.8. The minimum atomic E-state index is -4.75. The number of thioether (sulfide) groups is 1. The number of H-pyrrole nitrogens is 1. The highest BCUT2D eigenvalue weighted by atomic mass is 32.2. The Labute approximate surface area is 298 Å². The summed E-state index contributed by atoms with van der Waals surface area (Å²) in [6.07, 6.45) is -4.17. The molecular formula is C37H32F3N3O6S2. The number of hydrogen-bond acceptors (Lipinski definition) is 8. The van der Waals surface area contributed by atoms with Crippen LogP contribution in [0.25, 0.3) is 0 Å². The predicted octanol–water partition coefficient (Wildman–Crippen LogP) is 6.86. The van der Waals surface area contributed by atoms with Crippen molar-refractivity contribution in [1.82, 2.24) is 4.98 Å². The number of benzene rings is 3. The number of rotatable bonds is 8. The molecule has 0 radical (unpaired) electrons. The molecule has 1 aromatic heterocycles. The maximum absolute atomic E-state index is 14.1. The van der Waals surface area contributed by atoms with Crippen molar-refractivity contribution in [2.45, 2.75) is 42.6 Å². The van der Waals surface area contributed by atoms with Crippen molar-refractivity contribution in [3.63, 3.8) is 0 Å². The molecule has 2 N–H and O–H groups in total. The molecule has 4 aromatic rings. The van der Waals surface area contributed by atoms with Crippen LogP contribution in [0.2, 0.25) is 0 Å². The topological polar surface area (TPSA) is 118 Å². The van der Waals surface area contributed by atoms with E-state index in [0.717, 1.165) is 38.3 Å². The number of imide groups is 1. The number of halogens is 3. The second kappa shape index (κ2) is 12.6. The number of thiazole rings is 1. The minimum absolute atomic E-state index is 0.162. The van der Waals surface area contributed by atoms with E-state index in [1.54, 1.807) is 12.1 Å². The number of nitrogens with zero attached hydrogens (tertiary/aromatic N) is 1. The zero-order valence-electron chi connectivity index (χ0n) is 27.4. The van der Waals surface area contributed by atoms with Gasteiger partial charge in [0, 0.05) is 21.7 Å². The maximum Gasteiger partial charge on any atom is 0.418 e. The van der Waals surface area contributed by atoms with Crippen molar-refractivity contribution >= 4 is 52.2 Å². The van der Waals surface area contributed by atoms with Crippen molar-refractivity contribution in [2.75, 3.05) is 23.4 Å². The predicted molar refractivity (Wildman–Crippen MR) is 185 cm³/mol. The Morgan fingerprint density at radius 2 is 1.69 bits per heavy atom. The molecule has 8 rings (SSSR count). The number of alkyl halides is 3. The number of carbonyl (C=O) groups is 3. The molecule has 7 atom stereocenters. The lowest BCUT2D eigenvalue weighted by Crippen LogP contribution is -2.42. The van der Waals surface area contributed by atoms with E-state index in [1.807, 2.05) is 44.2 Å². The van der Waals surface area contributed by atoms with Crippen molar-refractivity contribution in [3.05, 3.63) is 98.0 Å². The summed E-state index contributed by atoms with van der Waals surface area (Å²) in [5.41, 5.74) is 0.939. The molecule has 14 heteroatoms. The summed E-state index contributed by atoms with van der Waals surface area (Å²) in [6, 6.07) is 17.5. The van der Waals surface area contributed by atoms with Crippen molar-refractivity contribution in [2.24, 2.45) is 29.6 Å². The van der Waals surface area contributed by atoms with E-state index in [1.165, 1.54) is 30.0 Å².